The Balaban J connectivity index is 3.43. The molecule has 0 atom stereocenters. The van der Waals surface area contributed by atoms with Crippen LogP contribution in [0.25, 0.3) is 0 Å². The average molecular weight is 326 g/mol. The number of carbonyl (C=O) groups excluding carboxylic acids is 1. The fraction of sp³-hybridized carbons (Fsp3) is 0.952. The van der Waals surface area contributed by atoms with Crippen LogP contribution in [0.3, 0.4) is 0 Å². The molecule has 0 aliphatic rings. The SMILES string of the molecule is CCCCCCCCCCCCCCC(=O)N(C(C)C)C(C)C. The summed E-state index contributed by atoms with van der Waals surface area (Å²) in [4.78, 5) is 14.3. The van der Waals surface area contributed by atoms with Crippen molar-refractivity contribution >= 4 is 5.91 Å². The number of nitrogens with zero attached hydrogens (tertiary/aromatic N) is 1. The lowest BCUT2D eigenvalue weighted by Crippen LogP contribution is -2.41. The van der Waals surface area contributed by atoms with E-state index in [1.165, 1.54) is 70.6 Å². The number of amides is 1. The summed E-state index contributed by atoms with van der Waals surface area (Å²) >= 11 is 0. The summed E-state index contributed by atoms with van der Waals surface area (Å²) in [5.74, 6) is 0.335. The van der Waals surface area contributed by atoms with Crippen LogP contribution in [0, 0.1) is 0 Å². The van der Waals surface area contributed by atoms with Gasteiger partial charge < -0.3 is 4.90 Å². The number of hydrogen-bond donors (Lipinski definition) is 0. The number of rotatable bonds is 15. The first-order valence-electron chi connectivity index (χ1n) is 10.3. The summed E-state index contributed by atoms with van der Waals surface area (Å²) in [5.41, 5.74) is 0. The van der Waals surface area contributed by atoms with E-state index in [-0.39, 0.29) is 0 Å². The second-order valence-electron chi connectivity index (χ2n) is 7.63. The van der Waals surface area contributed by atoms with Gasteiger partial charge in [0.25, 0.3) is 0 Å². The molecule has 0 radical (unpaired) electrons. The molecule has 0 fully saturated rings. The van der Waals surface area contributed by atoms with Gasteiger partial charge >= 0.3 is 0 Å². The van der Waals surface area contributed by atoms with Gasteiger partial charge in [-0.15, -0.1) is 0 Å². The Kier molecular flexibility index (Phi) is 14.7. The van der Waals surface area contributed by atoms with Gasteiger partial charge in [-0.05, 0) is 34.1 Å². The number of carbonyl (C=O) groups is 1. The molecule has 0 bridgehead atoms. The molecule has 0 rings (SSSR count). The standard InChI is InChI=1S/C21H43NO/c1-6-7-8-9-10-11-12-13-14-15-16-17-18-21(23)22(19(2)3)20(4)5/h19-20H,6-18H2,1-5H3. The van der Waals surface area contributed by atoms with Crippen molar-refractivity contribution in [3.8, 4) is 0 Å². The van der Waals surface area contributed by atoms with Crippen LogP contribution in [0.1, 0.15) is 118 Å². The van der Waals surface area contributed by atoms with E-state index < -0.39 is 0 Å². The molecule has 0 heterocycles. The van der Waals surface area contributed by atoms with E-state index in [0.717, 1.165) is 12.8 Å². The highest BCUT2D eigenvalue weighted by atomic mass is 16.2. The average Bonchev–Trinajstić information content (AvgIpc) is 2.47. The highest BCUT2D eigenvalue weighted by Crippen LogP contribution is 2.14. The van der Waals surface area contributed by atoms with Gasteiger partial charge in [0, 0.05) is 18.5 Å². The van der Waals surface area contributed by atoms with Crippen LogP contribution in [-0.2, 0) is 4.79 Å². The van der Waals surface area contributed by atoms with Crippen LogP contribution in [0.4, 0.5) is 0 Å². The van der Waals surface area contributed by atoms with Crippen molar-refractivity contribution in [2.75, 3.05) is 0 Å². The molecule has 0 aromatic carbocycles. The lowest BCUT2D eigenvalue weighted by Gasteiger charge is -2.30. The summed E-state index contributed by atoms with van der Waals surface area (Å²) < 4.78 is 0. The van der Waals surface area contributed by atoms with E-state index in [0.29, 0.717) is 18.0 Å². The molecular formula is C21H43NO. The third-order valence-corrected chi connectivity index (χ3v) is 4.64. The van der Waals surface area contributed by atoms with Crippen molar-refractivity contribution in [1.29, 1.82) is 0 Å². The summed E-state index contributed by atoms with van der Waals surface area (Å²) in [6.07, 6.45) is 16.9. The van der Waals surface area contributed by atoms with Crippen LogP contribution in [0.5, 0.6) is 0 Å². The lowest BCUT2D eigenvalue weighted by atomic mass is 10.0. The summed E-state index contributed by atoms with van der Waals surface area (Å²) in [7, 11) is 0. The lowest BCUT2D eigenvalue weighted by molar-refractivity contribution is -0.134. The zero-order valence-electron chi connectivity index (χ0n) is 16.7. The molecule has 2 heteroatoms. The van der Waals surface area contributed by atoms with Crippen molar-refractivity contribution in [2.45, 2.75) is 130 Å². The van der Waals surface area contributed by atoms with Crippen molar-refractivity contribution in [3.63, 3.8) is 0 Å². The van der Waals surface area contributed by atoms with E-state index in [1.54, 1.807) is 0 Å². The molecule has 2 nitrogen and oxygen atoms in total. The molecule has 23 heavy (non-hydrogen) atoms. The van der Waals surface area contributed by atoms with Gasteiger partial charge in [0.05, 0.1) is 0 Å². The molecule has 138 valence electrons. The monoisotopic (exact) mass is 325 g/mol. The molecule has 0 unspecified atom stereocenters. The molecular weight excluding hydrogens is 282 g/mol. The second kappa shape index (κ2) is 15.0. The first-order valence-corrected chi connectivity index (χ1v) is 10.3. The molecule has 0 saturated heterocycles. The van der Waals surface area contributed by atoms with Crippen molar-refractivity contribution in [2.24, 2.45) is 0 Å². The van der Waals surface area contributed by atoms with E-state index in [2.05, 4.69) is 34.6 Å². The van der Waals surface area contributed by atoms with Gasteiger partial charge in [0.2, 0.25) is 5.91 Å². The Morgan fingerprint density at radius 2 is 1.00 bits per heavy atom. The van der Waals surface area contributed by atoms with Crippen LogP contribution < -0.4 is 0 Å². The topological polar surface area (TPSA) is 20.3 Å². The minimum atomic E-state index is 0.319. The highest BCUT2D eigenvalue weighted by molar-refractivity contribution is 5.76. The van der Waals surface area contributed by atoms with Crippen LogP contribution >= 0.6 is 0 Å². The van der Waals surface area contributed by atoms with E-state index in [1.807, 2.05) is 4.90 Å². The van der Waals surface area contributed by atoms with Gasteiger partial charge in [0.15, 0.2) is 0 Å². The van der Waals surface area contributed by atoms with Gasteiger partial charge in [-0.25, -0.2) is 0 Å². The van der Waals surface area contributed by atoms with Crippen molar-refractivity contribution in [1.82, 2.24) is 4.90 Å². The van der Waals surface area contributed by atoms with Gasteiger partial charge in [-0.2, -0.15) is 0 Å². The third kappa shape index (κ3) is 12.5. The first kappa shape index (κ1) is 22.5. The van der Waals surface area contributed by atoms with Crippen molar-refractivity contribution in [3.05, 3.63) is 0 Å². The maximum absolute atomic E-state index is 12.2. The zero-order valence-corrected chi connectivity index (χ0v) is 16.7. The van der Waals surface area contributed by atoms with Gasteiger partial charge in [0.1, 0.15) is 0 Å². The maximum Gasteiger partial charge on any atom is 0.223 e. The minimum Gasteiger partial charge on any atom is -0.338 e. The van der Waals surface area contributed by atoms with Crippen LogP contribution in [-0.4, -0.2) is 22.9 Å². The number of hydrogen-bond acceptors (Lipinski definition) is 1. The number of unbranched alkanes of at least 4 members (excludes halogenated alkanes) is 11. The van der Waals surface area contributed by atoms with E-state index >= 15 is 0 Å². The predicted molar refractivity (Wildman–Crippen MR) is 103 cm³/mol. The van der Waals surface area contributed by atoms with Gasteiger partial charge in [-0.1, -0.05) is 77.6 Å². The molecule has 0 aromatic rings. The molecule has 1 amide bonds. The van der Waals surface area contributed by atoms with Crippen LogP contribution in [0.15, 0.2) is 0 Å². The molecule has 0 aromatic heterocycles. The summed E-state index contributed by atoms with van der Waals surface area (Å²) in [6.45, 7) is 10.7. The Labute approximate surface area is 146 Å². The molecule has 0 N–H and O–H groups in total. The van der Waals surface area contributed by atoms with Crippen molar-refractivity contribution < 1.29 is 4.79 Å². The Morgan fingerprint density at radius 1 is 0.652 bits per heavy atom. The Morgan fingerprint density at radius 3 is 1.35 bits per heavy atom. The van der Waals surface area contributed by atoms with Crippen LogP contribution in [0.2, 0.25) is 0 Å². The molecule has 0 aliphatic carbocycles. The third-order valence-electron chi connectivity index (χ3n) is 4.64. The largest absolute Gasteiger partial charge is 0.338 e. The van der Waals surface area contributed by atoms with Gasteiger partial charge in [-0.3, -0.25) is 4.79 Å². The second-order valence-corrected chi connectivity index (χ2v) is 7.63. The maximum atomic E-state index is 12.2. The van der Waals surface area contributed by atoms with E-state index in [9.17, 15) is 4.79 Å². The summed E-state index contributed by atoms with van der Waals surface area (Å²) in [6, 6.07) is 0.639. The fourth-order valence-corrected chi connectivity index (χ4v) is 3.42. The quantitative estimate of drug-likeness (QED) is 0.306. The zero-order chi connectivity index (χ0) is 17.5. The Bertz CT molecular complexity index is 265. The minimum absolute atomic E-state index is 0.319. The normalized spacial score (nSPS) is 11.4. The highest BCUT2D eigenvalue weighted by Gasteiger charge is 2.18. The summed E-state index contributed by atoms with van der Waals surface area (Å²) in [5, 5.41) is 0. The molecule has 0 spiro atoms. The fourth-order valence-electron chi connectivity index (χ4n) is 3.42. The smallest absolute Gasteiger partial charge is 0.223 e. The molecule has 0 saturated carbocycles. The molecule has 0 aliphatic heterocycles. The predicted octanol–water partition coefficient (Wildman–Crippen LogP) is 6.72. The Hall–Kier alpha value is -0.530. The van der Waals surface area contributed by atoms with E-state index in [4.69, 9.17) is 0 Å². The first-order chi connectivity index (χ1) is 11.0.